The van der Waals surface area contributed by atoms with Gasteiger partial charge in [0, 0.05) is 5.33 Å². The topological polar surface area (TPSA) is 83.8 Å². The van der Waals surface area contributed by atoms with Crippen LogP contribution >= 0.6 is 23.5 Å². The molecule has 0 aliphatic heterocycles. The van der Waals surface area contributed by atoms with Crippen LogP contribution in [0.3, 0.4) is 0 Å². The summed E-state index contributed by atoms with van der Waals surface area (Å²) in [5.74, 6) is -0.923. The summed E-state index contributed by atoms with van der Waals surface area (Å²) in [6.45, 7) is 1.15. The van der Waals surface area contributed by atoms with Crippen molar-refractivity contribution in [3.63, 3.8) is 0 Å². The van der Waals surface area contributed by atoms with E-state index in [4.69, 9.17) is 9.79 Å². The Morgan fingerprint density at radius 1 is 1.67 bits per heavy atom. The normalized spacial score (nSPS) is 16.8. The summed E-state index contributed by atoms with van der Waals surface area (Å²) in [6.07, 6.45) is 0. The second-order valence-corrected chi connectivity index (χ2v) is 5.08. The lowest BCUT2D eigenvalue weighted by atomic mass is 10.2. The van der Waals surface area contributed by atoms with Crippen molar-refractivity contribution < 1.29 is 23.9 Å². The maximum Gasteiger partial charge on any atom is 0.343 e. The summed E-state index contributed by atoms with van der Waals surface area (Å²) < 4.78 is 15.1. The number of alkyl halides is 1. The van der Waals surface area contributed by atoms with Crippen LogP contribution < -0.4 is 0 Å². The van der Waals surface area contributed by atoms with Crippen molar-refractivity contribution >= 4 is 29.5 Å². The van der Waals surface area contributed by atoms with Gasteiger partial charge in [-0.3, -0.25) is 9.36 Å². The highest BCUT2D eigenvalue weighted by Gasteiger charge is 2.49. The van der Waals surface area contributed by atoms with Gasteiger partial charge in [0.15, 0.2) is 5.16 Å². The molecule has 0 aromatic rings. The lowest BCUT2D eigenvalue weighted by molar-refractivity contribution is -0.143. The highest BCUT2D eigenvalue weighted by Crippen LogP contribution is 2.51. The molecule has 0 spiro atoms. The van der Waals surface area contributed by atoms with Gasteiger partial charge in [-0.25, -0.2) is 0 Å². The highest BCUT2D eigenvalue weighted by molar-refractivity contribution is 9.09. The standard InChI is InChI=1S/C5H10BrO5P/c1-5(3-6,4(7)11-2)12(8,9)10/h3H2,1-2H3,(H2,8,9,10). The molecule has 0 saturated heterocycles. The monoisotopic (exact) mass is 260 g/mol. The van der Waals surface area contributed by atoms with Gasteiger partial charge >= 0.3 is 13.6 Å². The minimum atomic E-state index is -4.48. The van der Waals surface area contributed by atoms with Crippen LogP contribution in [0.5, 0.6) is 0 Å². The molecule has 72 valence electrons. The van der Waals surface area contributed by atoms with Crippen LogP contribution in [0.2, 0.25) is 0 Å². The molecule has 0 aromatic carbocycles. The first-order valence-electron chi connectivity index (χ1n) is 2.99. The number of carbonyl (C=O) groups is 1. The first-order chi connectivity index (χ1) is 5.29. The predicted octanol–water partition coefficient (Wildman–Crippen LogP) is 0.491. The highest BCUT2D eigenvalue weighted by atomic mass is 79.9. The van der Waals surface area contributed by atoms with Gasteiger partial charge in [-0.2, -0.15) is 0 Å². The summed E-state index contributed by atoms with van der Waals surface area (Å²) in [7, 11) is -3.40. The number of carbonyl (C=O) groups excluding carboxylic acids is 1. The molecule has 12 heavy (non-hydrogen) atoms. The Labute approximate surface area is 78.4 Å². The van der Waals surface area contributed by atoms with Gasteiger partial charge in [0.25, 0.3) is 0 Å². The van der Waals surface area contributed by atoms with Crippen LogP contribution in [-0.4, -0.2) is 33.4 Å². The lowest BCUT2D eigenvalue weighted by Gasteiger charge is -2.24. The van der Waals surface area contributed by atoms with Crippen molar-refractivity contribution in [1.82, 2.24) is 0 Å². The molecule has 5 nitrogen and oxygen atoms in total. The van der Waals surface area contributed by atoms with Crippen molar-refractivity contribution in [1.29, 1.82) is 0 Å². The quantitative estimate of drug-likeness (QED) is 0.439. The average Bonchev–Trinajstić information content (AvgIpc) is 1.99. The zero-order valence-corrected chi connectivity index (χ0v) is 9.13. The SMILES string of the molecule is COC(=O)C(C)(CBr)P(=O)(O)O. The molecule has 1 unspecified atom stereocenters. The smallest absolute Gasteiger partial charge is 0.343 e. The lowest BCUT2D eigenvalue weighted by Crippen LogP contribution is -2.37. The summed E-state index contributed by atoms with van der Waals surface area (Å²) in [6, 6.07) is 0. The molecule has 0 radical (unpaired) electrons. The molecule has 0 saturated carbocycles. The molecule has 0 fully saturated rings. The number of rotatable bonds is 3. The van der Waals surface area contributed by atoms with Gasteiger partial charge in [-0.1, -0.05) is 15.9 Å². The van der Waals surface area contributed by atoms with E-state index in [0.717, 1.165) is 14.0 Å². The molecule has 2 N–H and O–H groups in total. The van der Waals surface area contributed by atoms with E-state index in [1.54, 1.807) is 0 Å². The fraction of sp³-hybridized carbons (Fsp3) is 0.800. The van der Waals surface area contributed by atoms with Crippen LogP contribution in [0.1, 0.15) is 6.92 Å². The molecule has 1 atom stereocenters. The van der Waals surface area contributed by atoms with Crippen molar-refractivity contribution in [2.45, 2.75) is 12.1 Å². The van der Waals surface area contributed by atoms with Crippen molar-refractivity contribution in [3.8, 4) is 0 Å². The molecule has 0 amide bonds. The molecule has 0 aliphatic rings. The van der Waals surface area contributed by atoms with Gasteiger partial charge in [-0.15, -0.1) is 0 Å². The fourth-order valence-electron chi connectivity index (χ4n) is 0.471. The molecular formula is C5H10BrO5P. The molecular weight excluding hydrogens is 251 g/mol. The number of hydrogen-bond acceptors (Lipinski definition) is 3. The van der Waals surface area contributed by atoms with E-state index in [2.05, 4.69) is 20.7 Å². The Bertz CT molecular complexity index is 224. The van der Waals surface area contributed by atoms with E-state index in [1.807, 2.05) is 0 Å². The second kappa shape index (κ2) is 3.87. The molecule has 7 heteroatoms. The number of esters is 1. The predicted molar refractivity (Wildman–Crippen MR) is 46.3 cm³/mol. The fourth-order valence-corrected chi connectivity index (χ4v) is 2.16. The van der Waals surface area contributed by atoms with Crippen LogP contribution in [0.4, 0.5) is 0 Å². The van der Waals surface area contributed by atoms with Crippen molar-refractivity contribution in [3.05, 3.63) is 0 Å². The zero-order valence-electron chi connectivity index (χ0n) is 6.65. The largest absolute Gasteiger partial charge is 0.468 e. The van der Waals surface area contributed by atoms with E-state index >= 15 is 0 Å². The number of hydrogen-bond donors (Lipinski definition) is 2. The Morgan fingerprint density at radius 2 is 2.08 bits per heavy atom. The Morgan fingerprint density at radius 3 is 2.17 bits per heavy atom. The Balaban J connectivity index is 4.94. The second-order valence-electron chi connectivity index (χ2n) is 2.44. The average molecular weight is 261 g/mol. The third-order valence-corrected chi connectivity index (χ3v) is 4.71. The summed E-state index contributed by atoms with van der Waals surface area (Å²) in [4.78, 5) is 28.6. The van der Waals surface area contributed by atoms with Crippen LogP contribution in [0, 0.1) is 0 Å². The number of halogens is 1. The Kier molecular flexibility index (Phi) is 3.90. The summed E-state index contributed by atoms with van der Waals surface area (Å²) in [5, 5.41) is -1.93. The van der Waals surface area contributed by atoms with Gasteiger partial charge in [0.2, 0.25) is 0 Å². The zero-order chi connectivity index (χ0) is 9.99. The molecule has 0 aromatic heterocycles. The molecule has 0 aliphatic carbocycles. The van der Waals surface area contributed by atoms with Gasteiger partial charge in [0.1, 0.15) is 0 Å². The molecule has 0 bridgehead atoms. The van der Waals surface area contributed by atoms with E-state index in [0.29, 0.717) is 0 Å². The van der Waals surface area contributed by atoms with E-state index < -0.39 is 18.7 Å². The van der Waals surface area contributed by atoms with E-state index in [1.165, 1.54) is 0 Å². The van der Waals surface area contributed by atoms with Gasteiger partial charge in [-0.05, 0) is 6.92 Å². The van der Waals surface area contributed by atoms with Gasteiger partial charge < -0.3 is 14.5 Å². The minimum absolute atomic E-state index is 0.142. The molecule has 0 rings (SSSR count). The van der Waals surface area contributed by atoms with Crippen molar-refractivity contribution in [2.24, 2.45) is 0 Å². The third kappa shape index (κ3) is 2.07. The third-order valence-electron chi connectivity index (χ3n) is 1.53. The minimum Gasteiger partial charge on any atom is -0.468 e. The Hall–Kier alpha value is 0.1000. The number of methoxy groups -OCH3 is 1. The first kappa shape index (κ1) is 12.1. The number of ether oxygens (including phenoxy) is 1. The first-order valence-corrected chi connectivity index (χ1v) is 5.73. The van der Waals surface area contributed by atoms with E-state index in [-0.39, 0.29) is 5.33 Å². The maximum atomic E-state index is 11.0. The van der Waals surface area contributed by atoms with Crippen molar-refractivity contribution in [2.75, 3.05) is 12.4 Å². The maximum absolute atomic E-state index is 11.0. The summed E-state index contributed by atoms with van der Waals surface area (Å²) >= 11 is 2.86. The van der Waals surface area contributed by atoms with Crippen LogP contribution in [-0.2, 0) is 14.1 Å². The summed E-state index contributed by atoms with van der Waals surface area (Å²) in [5.41, 5.74) is 0. The van der Waals surface area contributed by atoms with E-state index in [9.17, 15) is 9.36 Å². The van der Waals surface area contributed by atoms with Gasteiger partial charge in [0.05, 0.1) is 7.11 Å². The van der Waals surface area contributed by atoms with Crippen LogP contribution in [0.15, 0.2) is 0 Å². The molecule has 0 heterocycles. The van der Waals surface area contributed by atoms with Crippen LogP contribution in [0.25, 0.3) is 0 Å².